The molecule has 0 amide bonds. The summed E-state index contributed by atoms with van der Waals surface area (Å²) in [6.07, 6.45) is 3.71. The topological polar surface area (TPSA) is 30.9 Å². The average Bonchev–Trinajstić information content (AvgIpc) is 3.00. The molecule has 1 unspecified atom stereocenters. The number of benzene rings is 3. The van der Waals surface area contributed by atoms with Gasteiger partial charge < -0.3 is 10.3 Å². The Morgan fingerprint density at radius 3 is 2.31 bits per heavy atom. The van der Waals surface area contributed by atoms with Crippen molar-refractivity contribution in [3.05, 3.63) is 66.7 Å². The molecule has 1 aromatic heterocycles. The Balaban J connectivity index is 1.91. The van der Waals surface area contributed by atoms with E-state index in [1.807, 2.05) is 12.1 Å². The van der Waals surface area contributed by atoms with Crippen molar-refractivity contribution >= 4 is 27.5 Å². The first kappa shape index (κ1) is 16.7. The Bertz CT molecular complexity index is 1040. The van der Waals surface area contributed by atoms with E-state index in [1.165, 1.54) is 52.2 Å². The maximum Gasteiger partial charge on any atom is 0.0494 e. The molecule has 2 heteroatoms. The lowest BCUT2D eigenvalue weighted by Gasteiger charge is -2.16. The van der Waals surface area contributed by atoms with Gasteiger partial charge in [-0.25, -0.2) is 0 Å². The molecule has 0 fully saturated rings. The smallest absolute Gasteiger partial charge is 0.0494 e. The Morgan fingerprint density at radius 2 is 1.54 bits per heavy atom. The number of hydrogen-bond acceptors (Lipinski definition) is 1. The van der Waals surface area contributed by atoms with Crippen molar-refractivity contribution in [2.75, 3.05) is 5.73 Å². The van der Waals surface area contributed by atoms with Gasteiger partial charge in [-0.3, -0.25) is 0 Å². The van der Waals surface area contributed by atoms with Crippen molar-refractivity contribution < 1.29 is 0 Å². The lowest BCUT2D eigenvalue weighted by molar-refractivity contribution is 0.509. The summed E-state index contributed by atoms with van der Waals surface area (Å²) in [6.45, 7) is 4.60. The molecule has 0 saturated heterocycles. The Labute approximate surface area is 155 Å². The molecule has 1 heterocycles. The van der Waals surface area contributed by atoms with Crippen molar-refractivity contribution in [3.8, 4) is 11.1 Å². The van der Waals surface area contributed by atoms with Crippen molar-refractivity contribution in [3.63, 3.8) is 0 Å². The third-order valence-electron chi connectivity index (χ3n) is 5.37. The predicted octanol–water partition coefficient (Wildman–Crippen LogP) is 6.79. The van der Waals surface area contributed by atoms with Gasteiger partial charge in [0.1, 0.15) is 0 Å². The van der Waals surface area contributed by atoms with E-state index >= 15 is 0 Å². The minimum absolute atomic E-state index is 0.500. The fourth-order valence-corrected chi connectivity index (χ4v) is 3.96. The number of nitrogen functional groups attached to an aromatic ring is 1. The molecule has 0 aliphatic heterocycles. The van der Waals surface area contributed by atoms with Crippen molar-refractivity contribution in [2.45, 2.75) is 39.2 Å². The lowest BCUT2D eigenvalue weighted by Crippen LogP contribution is -2.04. The highest BCUT2D eigenvalue weighted by atomic mass is 15.0. The fraction of sp³-hybridized carbons (Fsp3) is 0.250. The fourth-order valence-electron chi connectivity index (χ4n) is 3.96. The van der Waals surface area contributed by atoms with E-state index in [4.69, 9.17) is 5.73 Å². The third-order valence-corrected chi connectivity index (χ3v) is 5.37. The molecule has 4 aromatic rings. The van der Waals surface area contributed by atoms with Crippen LogP contribution in [-0.4, -0.2) is 4.57 Å². The van der Waals surface area contributed by atoms with E-state index in [1.54, 1.807) is 0 Å². The highest BCUT2D eigenvalue weighted by Crippen LogP contribution is 2.35. The van der Waals surface area contributed by atoms with Crippen LogP contribution >= 0.6 is 0 Å². The molecule has 0 bridgehead atoms. The van der Waals surface area contributed by atoms with E-state index in [-0.39, 0.29) is 0 Å². The van der Waals surface area contributed by atoms with E-state index in [2.05, 4.69) is 73.0 Å². The molecule has 132 valence electrons. The summed E-state index contributed by atoms with van der Waals surface area (Å²) in [6, 6.07) is 24.2. The largest absolute Gasteiger partial charge is 0.399 e. The second kappa shape index (κ2) is 6.87. The van der Waals surface area contributed by atoms with Gasteiger partial charge >= 0.3 is 0 Å². The van der Waals surface area contributed by atoms with Crippen LogP contribution in [0.3, 0.4) is 0 Å². The van der Waals surface area contributed by atoms with Gasteiger partial charge in [0.05, 0.1) is 0 Å². The summed E-state index contributed by atoms with van der Waals surface area (Å²) in [4.78, 5) is 0. The molecular weight excluding hydrogens is 316 g/mol. The van der Waals surface area contributed by atoms with Crippen LogP contribution in [-0.2, 0) is 0 Å². The Morgan fingerprint density at radius 1 is 0.846 bits per heavy atom. The van der Waals surface area contributed by atoms with Crippen LogP contribution in [0, 0.1) is 0 Å². The van der Waals surface area contributed by atoms with Gasteiger partial charge in [0.15, 0.2) is 0 Å². The molecule has 2 nitrogen and oxygen atoms in total. The van der Waals surface area contributed by atoms with Gasteiger partial charge in [0, 0.05) is 33.5 Å². The number of para-hydroxylation sites is 1. The van der Waals surface area contributed by atoms with Crippen molar-refractivity contribution in [1.82, 2.24) is 4.57 Å². The van der Waals surface area contributed by atoms with Crippen molar-refractivity contribution in [1.29, 1.82) is 0 Å². The number of hydrogen-bond donors (Lipinski definition) is 1. The SMILES string of the molecule is CCCCC(C)n1c2ccccc2c2cc(-c3ccc(N)cc3)ccc21. The number of aromatic nitrogens is 1. The van der Waals surface area contributed by atoms with E-state index in [0.29, 0.717) is 6.04 Å². The average molecular weight is 342 g/mol. The van der Waals surface area contributed by atoms with Crippen LogP contribution in [0.2, 0.25) is 0 Å². The number of nitrogens with zero attached hydrogens (tertiary/aromatic N) is 1. The van der Waals surface area contributed by atoms with Crippen LogP contribution in [0.15, 0.2) is 66.7 Å². The summed E-state index contributed by atoms with van der Waals surface area (Å²) in [5.74, 6) is 0. The zero-order valence-corrected chi connectivity index (χ0v) is 15.6. The first-order chi connectivity index (χ1) is 12.7. The number of fused-ring (bicyclic) bond motifs is 3. The zero-order valence-electron chi connectivity index (χ0n) is 15.6. The molecule has 0 radical (unpaired) electrons. The molecule has 0 saturated carbocycles. The quantitative estimate of drug-likeness (QED) is 0.397. The molecule has 1 atom stereocenters. The van der Waals surface area contributed by atoms with Gasteiger partial charge in [0.2, 0.25) is 0 Å². The molecule has 0 spiro atoms. The number of anilines is 1. The van der Waals surface area contributed by atoms with Crippen LogP contribution in [0.4, 0.5) is 5.69 Å². The maximum absolute atomic E-state index is 5.84. The van der Waals surface area contributed by atoms with Crippen LogP contribution in [0.25, 0.3) is 32.9 Å². The second-order valence-corrected chi connectivity index (χ2v) is 7.23. The summed E-state index contributed by atoms with van der Waals surface area (Å²) in [5, 5.41) is 2.67. The van der Waals surface area contributed by atoms with Gasteiger partial charge in [-0.2, -0.15) is 0 Å². The zero-order chi connectivity index (χ0) is 18.1. The predicted molar refractivity (Wildman–Crippen MR) is 114 cm³/mol. The van der Waals surface area contributed by atoms with Crippen LogP contribution in [0.1, 0.15) is 39.2 Å². The highest BCUT2D eigenvalue weighted by molar-refractivity contribution is 6.09. The summed E-state index contributed by atoms with van der Waals surface area (Å²) >= 11 is 0. The van der Waals surface area contributed by atoms with Gasteiger partial charge in [-0.15, -0.1) is 0 Å². The normalized spacial score (nSPS) is 12.7. The molecule has 0 aliphatic carbocycles. The van der Waals surface area contributed by atoms with Gasteiger partial charge in [-0.05, 0) is 54.8 Å². The summed E-state index contributed by atoms with van der Waals surface area (Å²) in [7, 11) is 0. The molecule has 2 N–H and O–H groups in total. The van der Waals surface area contributed by atoms with Crippen LogP contribution < -0.4 is 5.73 Å². The second-order valence-electron chi connectivity index (χ2n) is 7.23. The lowest BCUT2D eigenvalue weighted by atomic mass is 10.0. The van der Waals surface area contributed by atoms with E-state index in [9.17, 15) is 0 Å². The van der Waals surface area contributed by atoms with Crippen LogP contribution in [0.5, 0.6) is 0 Å². The number of unbranched alkanes of at least 4 members (excludes halogenated alkanes) is 1. The molecule has 26 heavy (non-hydrogen) atoms. The highest BCUT2D eigenvalue weighted by Gasteiger charge is 2.15. The minimum Gasteiger partial charge on any atom is -0.399 e. The first-order valence-corrected chi connectivity index (χ1v) is 9.57. The van der Waals surface area contributed by atoms with E-state index in [0.717, 1.165) is 5.69 Å². The Hall–Kier alpha value is -2.74. The Kier molecular flexibility index (Phi) is 4.42. The standard InChI is InChI=1S/C24H26N2/c1-3-4-7-17(2)26-23-9-6-5-8-21(23)22-16-19(12-15-24(22)26)18-10-13-20(25)14-11-18/h5-6,8-17H,3-4,7,25H2,1-2H3. The number of rotatable bonds is 5. The minimum atomic E-state index is 0.500. The van der Waals surface area contributed by atoms with Crippen molar-refractivity contribution in [2.24, 2.45) is 0 Å². The maximum atomic E-state index is 5.84. The summed E-state index contributed by atoms with van der Waals surface area (Å²) < 4.78 is 2.52. The molecule has 4 rings (SSSR count). The van der Waals surface area contributed by atoms with Gasteiger partial charge in [-0.1, -0.05) is 56.2 Å². The monoisotopic (exact) mass is 342 g/mol. The number of nitrogens with two attached hydrogens (primary N) is 1. The van der Waals surface area contributed by atoms with Gasteiger partial charge in [0.25, 0.3) is 0 Å². The molecular formula is C24H26N2. The third kappa shape index (κ3) is 2.86. The molecule has 0 aliphatic rings. The molecule has 3 aromatic carbocycles. The summed E-state index contributed by atoms with van der Waals surface area (Å²) in [5.41, 5.74) is 11.7. The first-order valence-electron chi connectivity index (χ1n) is 9.57. The van der Waals surface area contributed by atoms with E-state index < -0.39 is 0 Å².